The van der Waals surface area contributed by atoms with Gasteiger partial charge in [-0.25, -0.2) is 9.80 Å². The van der Waals surface area contributed by atoms with Gasteiger partial charge in [0, 0.05) is 38.7 Å². The van der Waals surface area contributed by atoms with E-state index in [4.69, 9.17) is 17.0 Å². The van der Waals surface area contributed by atoms with Gasteiger partial charge in [0.05, 0.1) is 5.69 Å². The number of anilines is 1. The molecule has 1 aliphatic rings. The molecule has 1 fully saturated rings. The molecular weight excluding hydrogens is 348 g/mol. The monoisotopic (exact) mass is 372 g/mol. The number of nitrogens with zero attached hydrogens (tertiary/aromatic N) is 2. The van der Waals surface area contributed by atoms with E-state index >= 15 is 0 Å². The third-order valence-electron chi connectivity index (χ3n) is 4.33. The molecule has 0 radical (unpaired) electrons. The highest BCUT2D eigenvalue weighted by Crippen LogP contribution is 2.24. The molecule has 0 saturated carbocycles. The number of thiocarbonyl (C=S) groups is 1. The van der Waals surface area contributed by atoms with Crippen molar-refractivity contribution in [2.75, 3.05) is 38.7 Å². The van der Waals surface area contributed by atoms with E-state index in [2.05, 4.69) is 10.6 Å². The maximum atomic E-state index is 12.8. The summed E-state index contributed by atoms with van der Waals surface area (Å²) in [6.45, 7) is 2.79. The molecule has 0 unspecified atom stereocenters. The molecule has 1 saturated heterocycles. The Hall–Kier alpha value is -2.38. The summed E-state index contributed by atoms with van der Waals surface area (Å²) in [5.74, 6) is 0. The number of rotatable bonds is 5. The number of amides is 2. The number of benzene rings is 2. The molecule has 1 heterocycles. The summed E-state index contributed by atoms with van der Waals surface area (Å²) >= 11 is 5.45. The van der Waals surface area contributed by atoms with E-state index in [1.54, 1.807) is 12.1 Å². The summed E-state index contributed by atoms with van der Waals surface area (Å²) in [7, 11) is 1.68. The first-order valence-corrected chi connectivity index (χ1v) is 9.22. The summed E-state index contributed by atoms with van der Waals surface area (Å²) in [4.78, 5) is 12.8. The van der Waals surface area contributed by atoms with Crippen LogP contribution < -0.4 is 10.6 Å². The number of nitrogens with one attached hydrogen (secondary N) is 2. The molecule has 2 amide bonds. The molecule has 2 aromatic rings. The van der Waals surface area contributed by atoms with Crippen LogP contribution in [-0.4, -0.2) is 54.5 Å². The molecule has 6 nitrogen and oxygen atoms in total. The van der Waals surface area contributed by atoms with Crippen molar-refractivity contribution in [3.05, 3.63) is 42.5 Å². The Balaban J connectivity index is 1.65. The van der Waals surface area contributed by atoms with Gasteiger partial charge in [-0.2, -0.15) is 0 Å². The van der Waals surface area contributed by atoms with Crippen LogP contribution in [0.25, 0.3) is 10.8 Å². The predicted octanol–water partition coefficient (Wildman–Crippen LogP) is 3.21. The van der Waals surface area contributed by atoms with Crippen LogP contribution in [0.5, 0.6) is 0 Å². The number of carbonyl (C=O) groups is 1. The van der Waals surface area contributed by atoms with Crippen LogP contribution >= 0.6 is 12.2 Å². The van der Waals surface area contributed by atoms with Crippen molar-refractivity contribution in [1.29, 1.82) is 0 Å². The van der Waals surface area contributed by atoms with E-state index in [1.807, 2.05) is 47.5 Å². The number of ether oxygens (including phenoxy) is 1. The summed E-state index contributed by atoms with van der Waals surface area (Å²) in [5, 5.41) is 12.4. The van der Waals surface area contributed by atoms with Gasteiger partial charge >= 0.3 is 6.03 Å². The van der Waals surface area contributed by atoms with E-state index < -0.39 is 0 Å². The van der Waals surface area contributed by atoms with Gasteiger partial charge < -0.3 is 15.4 Å². The largest absolute Gasteiger partial charge is 0.385 e. The molecular formula is C19H24N4O2S. The van der Waals surface area contributed by atoms with Crippen LogP contribution in [0, 0.1) is 0 Å². The minimum Gasteiger partial charge on any atom is -0.385 e. The molecule has 0 aliphatic carbocycles. The van der Waals surface area contributed by atoms with Gasteiger partial charge in [-0.3, -0.25) is 5.01 Å². The lowest BCUT2D eigenvalue weighted by Crippen LogP contribution is -2.50. The van der Waals surface area contributed by atoms with Crippen LogP contribution in [0.15, 0.2) is 42.5 Å². The van der Waals surface area contributed by atoms with Crippen molar-refractivity contribution >= 4 is 39.8 Å². The van der Waals surface area contributed by atoms with E-state index in [1.165, 1.54) is 0 Å². The molecule has 7 heteroatoms. The van der Waals surface area contributed by atoms with Gasteiger partial charge in [-0.1, -0.05) is 36.4 Å². The number of fused-ring (bicyclic) bond motifs is 1. The van der Waals surface area contributed by atoms with Gasteiger partial charge in [0.25, 0.3) is 0 Å². The van der Waals surface area contributed by atoms with Gasteiger partial charge in [0.1, 0.15) is 0 Å². The van der Waals surface area contributed by atoms with E-state index in [0.717, 1.165) is 42.4 Å². The second-order valence-corrected chi connectivity index (χ2v) is 6.52. The SMILES string of the molecule is COCCCNC(=S)N1CCCN1C(=O)Nc1cccc2ccccc12. The minimum absolute atomic E-state index is 0.167. The van der Waals surface area contributed by atoms with Gasteiger partial charge in [0.2, 0.25) is 0 Å². The lowest BCUT2D eigenvalue weighted by molar-refractivity contribution is 0.135. The van der Waals surface area contributed by atoms with Gasteiger partial charge in [0.15, 0.2) is 5.11 Å². The van der Waals surface area contributed by atoms with E-state index in [9.17, 15) is 4.79 Å². The van der Waals surface area contributed by atoms with Crippen molar-refractivity contribution in [1.82, 2.24) is 15.3 Å². The predicted molar refractivity (Wildman–Crippen MR) is 108 cm³/mol. The normalized spacial score (nSPS) is 13.9. The molecule has 0 spiro atoms. The molecule has 138 valence electrons. The summed E-state index contributed by atoms with van der Waals surface area (Å²) in [6, 6.07) is 13.7. The molecule has 2 N–H and O–H groups in total. The highest BCUT2D eigenvalue weighted by Gasteiger charge is 2.28. The quantitative estimate of drug-likeness (QED) is 0.624. The molecule has 0 atom stereocenters. The summed E-state index contributed by atoms with van der Waals surface area (Å²) in [5.41, 5.74) is 0.805. The number of hydrazine groups is 1. The maximum Gasteiger partial charge on any atom is 0.340 e. The first-order valence-electron chi connectivity index (χ1n) is 8.81. The van der Waals surface area contributed by atoms with Crippen molar-refractivity contribution in [2.24, 2.45) is 0 Å². The minimum atomic E-state index is -0.167. The van der Waals surface area contributed by atoms with Crippen LogP contribution in [0.1, 0.15) is 12.8 Å². The Morgan fingerprint density at radius 3 is 2.77 bits per heavy atom. The maximum absolute atomic E-state index is 12.8. The lowest BCUT2D eigenvalue weighted by Gasteiger charge is -2.30. The zero-order chi connectivity index (χ0) is 18.4. The van der Waals surface area contributed by atoms with Crippen LogP contribution in [-0.2, 0) is 4.74 Å². The summed E-state index contributed by atoms with van der Waals surface area (Å²) in [6.07, 6.45) is 1.76. The third kappa shape index (κ3) is 4.23. The molecule has 1 aliphatic heterocycles. The number of carbonyl (C=O) groups excluding carboxylic acids is 1. The average molecular weight is 372 g/mol. The highest BCUT2D eigenvalue weighted by atomic mass is 32.1. The molecule has 26 heavy (non-hydrogen) atoms. The van der Waals surface area contributed by atoms with Crippen molar-refractivity contribution in [3.8, 4) is 0 Å². The topological polar surface area (TPSA) is 56.8 Å². The summed E-state index contributed by atoms with van der Waals surface area (Å²) < 4.78 is 5.04. The fraction of sp³-hybridized carbons (Fsp3) is 0.368. The lowest BCUT2D eigenvalue weighted by atomic mass is 10.1. The van der Waals surface area contributed by atoms with E-state index in [-0.39, 0.29) is 6.03 Å². The molecule has 0 bridgehead atoms. The Labute approximate surface area is 159 Å². The Morgan fingerprint density at radius 1 is 1.15 bits per heavy atom. The molecule has 3 rings (SSSR count). The first-order chi connectivity index (χ1) is 12.7. The molecule has 2 aromatic carbocycles. The van der Waals surface area contributed by atoms with Crippen molar-refractivity contribution < 1.29 is 9.53 Å². The Bertz CT molecular complexity index is 778. The second kappa shape index (κ2) is 8.82. The van der Waals surface area contributed by atoms with E-state index in [0.29, 0.717) is 18.3 Å². The third-order valence-corrected chi connectivity index (χ3v) is 4.69. The standard InChI is InChI=1S/C19H24N4O2S/c1-25-14-5-11-20-19(26)23-13-6-12-22(23)18(24)21-17-10-4-8-15-7-2-3-9-16(15)17/h2-4,7-10H,5-6,11-14H2,1H3,(H,20,26)(H,21,24). The zero-order valence-corrected chi connectivity index (χ0v) is 15.7. The number of methoxy groups -OCH3 is 1. The fourth-order valence-electron chi connectivity index (χ4n) is 3.05. The van der Waals surface area contributed by atoms with Crippen LogP contribution in [0.2, 0.25) is 0 Å². The van der Waals surface area contributed by atoms with Crippen molar-refractivity contribution in [3.63, 3.8) is 0 Å². The average Bonchev–Trinajstić information content (AvgIpc) is 3.15. The second-order valence-electron chi connectivity index (χ2n) is 6.13. The first kappa shape index (κ1) is 18.4. The Morgan fingerprint density at radius 2 is 1.92 bits per heavy atom. The van der Waals surface area contributed by atoms with Gasteiger partial charge in [-0.05, 0) is 36.5 Å². The van der Waals surface area contributed by atoms with Crippen molar-refractivity contribution in [2.45, 2.75) is 12.8 Å². The number of urea groups is 1. The van der Waals surface area contributed by atoms with Crippen LogP contribution in [0.3, 0.4) is 0 Å². The van der Waals surface area contributed by atoms with Gasteiger partial charge in [-0.15, -0.1) is 0 Å². The number of hydrogen-bond acceptors (Lipinski definition) is 3. The smallest absolute Gasteiger partial charge is 0.340 e. The zero-order valence-electron chi connectivity index (χ0n) is 14.9. The number of hydrogen-bond donors (Lipinski definition) is 2. The fourth-order valence-corrected chi connectivity index (χ4v) is 3.34. The van der Waals surface area contributed by atoms with Crippen LogP contribution in [0.4, 0.5) is 10.5 Å². The molecule has 0 aromatic heterocycles. The Kier molecular flexibility index (Phi) is 6.25. The highest BCUT2D eigenvalue weighted by molar-refractivity contribution is 7.80.